The molecular weight excluding hydrogens is 371 g/mol. The van der Waals surface area contributed by atoms with E-state index < -0.39 is 22.6 Å². The molecule has 0 radical (unpaired) electrons. The smallest absolute Gasteiger partial charge is 0.330 e. The molecule has 3 fully saturated rings. The number of hydrogen-bond acceptors (Lipinski definition) is 4. The van der Waals surface area contributed by atoms with Crippen molar-refractivity contribution in [2.24, 2.45) is 28.6 Å². The first-order chi connectivity index (χ1) is 13.6. The Morgan fingerprint density at radius 3 is 2.79 bits per heavy atom. The van der Waals surface area contributed by atoms with Crippen molar-refractivity contribution in [3.05, 3.63) is 35.5 Å². The second kappa shape index (κ2) is 6.63. The quantitative estimate of drug-likeness (QED) is 0.558. The third-order valence-corrected chi connectivity index (χ3v) is 8.39. The molecule has 0 aromatic heterocycles. The average Bonchev–Trinajstić information content (AvgIpc) is 2.88. The van der Waals surface area contributed by atoms with Gasteiger partial charge in [-0.15, -0.1) is 0 Å². The molecule has 0 saturated heterocycles. The molecule has 0 amide bonds. The van der Waals surface area contributed by atoms with E-state index >= 15 is 4.39 Å². The summed E-state index contributed by atoms with van der Waals surface area (Å²) >= 11 is 0. The van der Waals surface area contributed by atoms with Crippen LogP contribution >= 0.6 is 0 Å². The van der Waals surface area contributed by atoms with Gasteiger partial charge in [-0.2, -0.15) is 0 Å². The lowest BCUT2D eigenvalue weighted by Gasteiger charge is -2.61. The molecule has 7 atom stereocenters. The van der Waals surface area contributed by atoms with Crippen molar-refractivity contribution < 1.29 is 23.8 Å². The highest BCUT2D eigenvalue weighted by atomic mass is 19.1. The third kappa shape index (κ3) is 2.66. The number of carbonyl (C=O) groups excluding carboxylic acids is 2. The van der Waals surface area contributed by atoms with E-state index in [1.54, 1.807) is 25.2 Å². The topological polar surface area (TPSA) is 63.6 Å². The maximum atomic E-state index is 16.9. The number of aliphatic hydroxyl groups is 1. The van der Waals surface area contributed by atoms with Crippen LogP contribution in [-0.4, -0.2) is 35.2 Å². The molecule has 3 saturated carbocycles. The number of alkyl halides is 1. The molecule has 4 rings (SSSR count). The summed E-state index contributed by atoms with van der Waals surface area (Å²) in [5, 5.41) is 11.2. The number of aliphatic hydroxyl groups excluding tert-OH is 1. The predicted octanol–water partition coefficient (Wildman–Crippen LogP) is 4.09. The fraction of sp³-hybridized carbons (Fsp3) is 0.667. The molecule has 158 valence electrons. The molecule has 0 heterocycles. The Kier molecular flexibility index (Phi) is 4.69. The summed E-state index contributed by atoms with van der Waals surface area (Å²) in [5.41, 5.74) is -1.46. The molecule has 5 heteroatoms. The molecule has 4 aliphatic rings. The van der Waals surface area contributed by atoms with Gasteiger partial charge < -0.3 is 9.84 Å². The summed E-state index contributed by atoms with van der Waals surface area (Å²) in [4.78, 5) is 24.1. The van der Waals surface area contributed by atoms with Crippen LogP contribution in [0.2, 0.25) is 0 Å². The Hall–Kier alpha value is -1.75. The van der Waals surface area contributed by atoms with Crippen LogP contribution in [0.15, 0.2) is 35.5 Å². The van der Waals surface area contributed by atoms with Crippen LogP contribution in [0.3, 0.4) is 0 Å². The van der Waals surface area contributed by atoms with Crippen molar-refractivity contribution in [2.45, 2.75) is 65.2 Å². The maximum absolute atomic E-state index is 16.9. The van der Waals surface area contributed by atoms with Gasteiger partial charge in [0, 0.05) is 17.4 Å². The summed E-state index contributed by atoms with van der Waals surface area (Å²) in [5.74, 6) is -0.624. The van der Waals surface area contributed by atoms with E-state index in [0.717, 1.165) is 17.6 Å². The normalized spacial score (nSPS) is 47.3. The number of esters is 1. The van der Waals surface area contributed by atoms with Gasteiger partial charge in [0.2, 0.25) is 0 Å². The van der Waals surface area contributed by atoms with Gasteiger partial charge in [0.1, 0.15) is 0 Å². The maximum Gasteiger partial charge on any atom is 0.330 e. The standard InChI is InChI=1S/C24H31FO4/c1-5-29-21(28)12-18-14(2)10-19-17-7-6-15-11-16(26)8-9-23(15,4)24(17,25)20(27)13-22(18,19)3/h8-9,11-12,14,17,19-20,27H,5-7,10,13H2,1-4H3/b18-12+/t14-,17?,19?,20-,22+,23-,24-/m0/s1. The zero-order valence-corrected chi connectivity index (χ0v) is 17.7. The zero-order chi connectivity index (χ0) is 21.2. The number of fused-ring (bicyclic) bond motifs is 5. The van der Waals surface area contributed by atoms with Crippen molar-refractivity contribution in [3.8, 4) is 0 Å². The monoisotopic (exact) mass is 402 g/mol. The van der Waals surface area contributed by atoms with Gasteiger partial charge in [-0.05, 0) is 68.9 Å². The number of allylic oxidation sites excluding steroid dienone is 5. The first-order valence-electron chi connectivity index (χ1n) is 10.8. The molecule has 0 bridgehead atoms. The van der Waals surface area contributed by atoms with E-state index in [-0.39, 0.29) is 35.9 Å². The number of ketones is 1. The number of rotatable bonds is 2. The van der Waals surface area contributed by atoms with Gasteiger partial charge in [0.25, 0.3) is 0 Å². The van der Waals surface area contributed by atoms with Crippen molar-refractivity contribution in [3.63, 3.8) is 0 Å². The molecule has 4 aliphatic carbocycles. The van der Waals surface area contributed by atoms with Crippen LogP contribution in [0.25, 0.3) is 0 Å². The van der Waals surface area contributed by atoms with E-state index in [2.05, 4.69) is 13.8 Å². The molecule has 4 nitrogen and oxygen atoms in total. The molecule has 0 spiro atoms. The number of hydrogen-bond donors (Lipinski definition) is 1. The Balaban J connectivity index is 1.77. The van der Waals surface area contributed by atoms with E-state index in [1.165, 1.54) is 6.08 Å². The van der Waals surface area contributed by atoms with Gasteiger partial charge in [-0.3, -0.25) is 4.79 Å². The number of halogens is 1. The fourth-order valence-corrected chi connectivity index (χ4v) is 7.02. The molecule has 0 aromatic carbocycles. The predicted molar refractivity (Wildman–Crippen MR) is 108 cm³/mol. The Labute approximate surface area is 171 Å². The molecular formula is C24H31FO4. The van der Waals surface area contributed by atoms with Crippen molar-refractivity contribution in [2.75, 3.05) is 6.61 Å². The molecule has 1 N–H and O–H groups in total. The lowest BCUT2D eigenvalue weighted by atomic mass is 9.45. The van der Waals surface area contributed by atoms with Gasteiger partial charge in [-0.25, -0.2) is 9.18 Å². The third-order valence-electron chi connectivity index (χ3n) is 8.39. The van der Waals surface area contributed by atoms with Crippen LogP contribution in [0.5, 0.6) is 0 Å². The highest BCUT2D eigenvalue weighted by Gasteiger charge is 2.70. The van der Waals surface area contributed by atoms with Crippen molar-refractivity contribution >= 4 is 11.8 Å². The van der Waals surface area contributed by atoms with Crippen LogP contribution in [0.4, 0.5) is 4.39 Å². The van der Waals surface area contributed by atoms with Crippen LogP contribution < -0.4 is 0 Å². The zero-order valence-electron chi connectivity index (χ0n) is 17.7. The molecule has 29 heavy (non-hydrogen) atoms. The van der Waals surface area contributed by atoms with Crippen LogP contribution in [-0.2, 0) is 14.3 Å². The van der Waals surface area contributed by atoms with Crippen molar-refractivity contribution in [1.82, 2.24) is 0 Å². The number of carbonyl (C=O) groups is 2. The summed E-state index contributed by atoms with van der Waals surface area (Å²) in [6.07, 6.45) is 7.42. The lowest BCUT2D eigenvalue weighted by Crippen LogP contribution is -2.66. The van der Waals surface area contributed by atoms with Crippen LogP contribution in [0.1, 0.15) is 53.4 Å². The first kappa shape index (κ1) is 20.5. The summed E-state index contributed by atoms with van der Waals surface area (Å²) < 4.78 is 22.1. The summed E-state index contributed by atoms with van der Waals surface area (Å²) in [6.45, 7) is 8.07. The Bertz CT molecular complexity index is 842. The molecule has 0 aromatic rings. The van der Waals surface area contributed by atoms with E-state index in [9.17, 15) is 14.7 Å². The largest absolute Gasteiger partial charge is 0.463 e. The van der Waals surface area contributed by atoms with Gasteiger partial charge in [0.15, 0.2) is 11.5 Å². The van der Waals surface area contributed by atoms with Gasteiger partial charge >= 0.3 is 5.97 Å². The first-order valence-corrected chi connectivity index (χ1v) is 10.8. The van der Waals surface area contributed by atoms with E-state index in [0.29, 0.717) is 19.4 Å². The molecule has 0 aliphatic heterocycles. The summed E-state index contributed by atoms with van der Waals surface area (Å²) in [6, 6.07) is 0. The van der Waals surface area contributed by atoms with Crippen LogP contribution in [0, 0.1) is 28.6 Å². The average molecular weight is 403 g/mol. The van der Waals surface area contributed by atoms with E-state index in [1.807, 2.05) is 6.92 Å². The summed E-state index contributed by atoms with van der Waals surface area (Å²) in [7, 11) is 0. The van der Waals surface area contributed by atoms with Crippen molar-refractivity contribution in [1.29, 1.82) is 0 Å². The minimum atomic E-state index is -1.82. The lowest BCUT2D eigenvalue weighted by molar-refractivity contribution is -0.183. The Morgan fingerprint density at radius 1 is 1.38 bits per heavy atom. The van der Waals surface area contributed by atoms with Gasteiger partial charge in [0.05, 0.1) is 12.7 Å². The Morgan fingerprint density at radius 2 is 2.10 bits per heavy atom. The fourth-order valence-electron chi connectivity index (χ4n) is 7.02. The second-order valence-electron chi connectivity index (χ2n) is 9.75. The van der Waals surface area contributed by atoms with E-state index in [4.69, 9.17) is 4.74 Å². The second-order valence-corrected chi connectivity index (χ2v) is 9.75. The minimum absolute atomic E-state index is 0.0379. The molecule has 2 unspecified atom stereocenters. The highest BCUT2D eigenvalue weighted by molar-refractivity contribution is 6.01. The SMILES string of the molecule is CCOC(=O)/C=C1\[C@@H](C)CC2C3CCC4=CC(=O)C=C[C@]4(C)[C@@]3(F)[C@@H](O)C[C@]12C. The number of ether oxygens (including phenoxy) is 1. The highest BCUT2D eigenvalue weighted by Crippen LogP contribution is 2.69. The van der Waals surface area contributed by atoms with Gasteiger partial charge in [-0.1, -0.05) is 31.1 Å². The minimum Gasteiger partial charge on any atom is -0.463 e.